The number of para-hydroxylation sites is 1. The third-order valence-corrected chi connectivity index (χ3v) is 4.67. The zero-order valence-electron chi connectivity index (χ0n) is 14.3. The first kappa shape index (κ1) is 19.6. The maximum Gasteiger partial charge on any atom is 0.417 e. The van der Waals surface area contributed by atoms with E-state index in [-0.39, 0.29) is 11.6 Å². The maximum atomic E-state index is 13.0. The van der Waals surface area contributed by atoms with Crippen LogP contribution < -0.4 is 4.74 Å². The Morgan fingerprint density at radius 3 is 2.30 bits per heavy atom. The van der Waals surface area contributed by atoms with E-state index < -0.39 is 11.7 Å². The van der Waals surface area contributed by atoms with Gasteiger partial charge in [0.1, 0.15) is 12.4 Å². The summed E-state index contributed by atoms with van der Waals surface area (Å²) >= 11 is 11.6. The molecule has 0 atom stereocenters. The van der Waals surface area contributed by atoms with Gasteiger partial charge in [0.15, 0.2) is 0 Å². The second-order valence-corrected chi connectivity index (χ2v) is 6.90. The smallest absolute Gasteiger partial charge is 0.417 e. The third kappa shape index (κ3) is 4.57. The Balaban J connectivity index is 1.90. The summed E-state index contributed by atoms with van der Waals surface area (Å²) in [5.41, 5.74) is 2.15. The Kier molecular flexibility index (Phi) is 5.68. The highest BCUT2D eigenvalue weighted by Gasteiger charge is 2.33. The molecule has 0 heterocycles. The lowest BCUT2D eigenvalue weighted by Crippen LogP contribution is -2.07. The molecule has 140 valence electrons. The highest BCUT2D eigenvalue weighted by molar-refractivity contribution is 6.31. The van der Waals surface area contributed by atoms with Crippen LogP contribution in [0.1, 0.15) is 16.7 Å². The predicted molar refractivity (Wildman–Crippen MR) is 102 cm³/mol. The SMILES string of the molecule is Cc1cccc(-c2ccc(Cl)cc2)c1OCc1ccc(Cl)c(C(F)(F)F)c1. The fourth-order valence-corrected chi connectivity index (χ4v) is 3.09. The molecule has 0 fully saturated rings. The Morgan fingerprint density at radius 1 is 0.926 bits per heavy atom. The van der Waals surface area contributed by atoms with Crippen molar-refractivity contribution in [3.8, 4) is 16.9 Å². The summed E-state index contributed by atoms with van der Waals surface area (Å²) in [5.74, 6) is 0.614. The van der Waals surface area contributed by atoms with Crippen molar-refractivity contribution in [2.24, 2.45) is 0 Å². The van der Waals surface area contributed by atoms with Crippen molar-refractivity contribution in [2.75, 3.05) is 0 Å². The van der Waals surface area contributed by atoms with Crippen molar-refractivity contribution >= 4 is 23.2 Å². The van der Waals surface area contributed by atoms with Crippen molar-refractivity contribution in [1.82, 2.24) is 0 Å². The van der Waals surface area contributed by atoms with Gasteiger partial charge in [-0.1, -0.05) is 59.6 Å². The molecular formula is C21H15Cl2F3O. The van der Waals surface area contributed by atoms with Gasteiger partial charge in [0.05, 0.1) is 10.6 Å². The summed E-state index contributed by atoms with van der Waals surface area (Å²) in [6, 6.07) is 16.8. The highest BCUT2D eigenvalue weighted by atomic mass is 35.5. The predicted octanol–water partition coefficient (Wildman–Crippen LogP) is 7.57. The summed E-state index contributed by atoms with van der Waals surface area (Å²) in [4.78, 5) is 0. The Labute approximate surface area is 165 Å². The van der Waals surface area contributed by atoms with Crippen LogP contribution in [0.4, 0.5) is 13.2 Å². The maximum absolute atomic E-state index is 13.0. The van der Waals surface area contributed by atoms with E-state index in [9.17, 15) is 13.2 Å². The van der Waals surface area contributed by atoms with Gasteiger partial charge in [-0.3, -0.25) is 0 Å². The zero-order valence-corrected chi connectivity index (χ0v) is 15.8. The molecule has 0 N–H and O–H groups in total. The lowest BCUT2D eigenvalue weighted by atomic mass is 10.0. The Bertz CT molecular complexity index is 951. The number of aryl methyl sites for hydroxylation is 1. The van der Waals surface area contributed by atoms with Crippen LogP contribution in [0.5, 0.6) is 5.75 Å². The molecule has 3 rings (SSSR count). The number of benzene rings is 3. The van der Waals surface area contributed by atoms with Crippen LogP contribution in [-0.4, -0.2) is 0 Å². The van der Waals surface area contributed by atoms with Crippen LogP contribution in [0, 0.1) is 6.92 Å². The molecular weight excluding hydrogens is 396 g/mol. The average Bonchev–Trinajstić information content (AvgIpc) is 2.61. The van der Waals surface area contributed by atoms with Crippen LogP contribution >= 0.6 is 23.2 Å². The molecule has 1 nitrogen and oxygen atoms in total. The molecule has 0 aliphatic rings. The normalized spacial score (nSPS) is 11.5. The van der Waals surface area contributed by atoms with E-state index in [2.05, 4.69) is 0 Å². The van der Waals surface area contributed by atoms with E-state index in [4.69, 9.17) is 27.9 Å². The standard InChI is InChI=1S/C21H15Cl2F3O/c1-13-3-2-4-17(15-6-8-16(22)9-7-15)20(13)27-12-14-5-10-19(23)18(11-14)21(24,25)26/h2-11H,12H2,1H3. The summed E-state index contributed by atoms with van der Waals surface area (Å²) in [6.45, 7) is 1.88. The molecule has 6 heteroatoms. The number of hydrogen-bond acceptors (Lipinski definition) is 1. The summed E-state index contributed by atoms with van der Waals surface area (Å²) in [6.07, 6.45) is -4.51. The number of halogens is 5. The monoisotopic (exact) mass is 410 g/mol. The number of hydrogen-bond donors (Lipinski definition) is 0. The van der Waals surface area contributed by atoms with Crippen molar-refractivity contribution < 1.29 is 17.9 Å². The molecule has 0 radical (unpaired) electrons. The van der Waals surface area contributed by atoms with Crippen LogP contribution in [0.2, 0.25) is 10.0 Å². The molecule has 27 heavy (non-hydrogen) atoms. The van der Waals surface area contributed by atoms with Crippen LogP contribution in [0.15, 0.2) is 60.7 Å². The molecule has 0 aromatic heterocycles. The fourth-order valence-electron chi connectivity index (χ4n) is 2.74. The topological polar surface area (TPSA) is 9.23 Å². The van der Waals surface area contributed by atoms with Gasteiger partial charge in [0.2, 0.25) is 0 Å². The minimum Gasteiger partial charge on any atom is -0.488 e. The van der Waals surface area contributed by atoms with E-state index in [1.165, 1.54) is 12.1 Å². The van der Waals surface area contributed by atoms with Crippen molar-refractivity contribution in [3.05, 3.63) is 87.4 Å². The molecule has 0 aliphatic carbocycles. The molecule has 0 saturated carbocycles. The van der Waals surface area contributed by atoms with Gasteiger partial charge < -0.3 is 4.74 Å². The second-order valence-electron chi connectivity index (χ2n) is 6.06. The molecule has 0 unspecified atom stereocenters. The van der Waals surface area contributed by atoms with Crippen molar-refractivity contribution in [3.63, 3.8) is 0 Å². The molecule has 0 spiro atoms. The van der Waals surface area contributed by atoms with Crippen LogP contribution in [-0.2, 0) is 12.8 Å². The quantitative estimate of drug-likeness (QED) is 0.430. The van der Waals surface area contributed by atoms with E-state index in [0.717, 1.165) is 22.8 Å². The summed E-state index contributed by atoms with van der Waals surface area (Å²) in [5, 5.41) is 0.290. The van der Waals surface area contributed by atoms with Gasteiger partial charge in [-0.25, -0.2) is 0 Å². The Morgan fingerprint density at radius 2 is 1.63 bits per heavy atom. The average molecular weight is 411 g/mol. The molecule has 0 amide bonds. The first-order valence-electron chi connectivity index (χ1n) is 8.09. The zero-order chi connectivity index (χ0) is 19.6. The number of ether oxygens (including phenoxy) is 1. The van der Waals surface area contributed by atoms with Crippen molar-refractivity contribution in [1.29, 1.82) is 0 Å². The van der Waals surface area contributed by atoms with E-state index in [1.807, 2.05) is 37.3 Å². The van der Waals surface area contributed by atoms with Crippen molar-refractivity contribution in [2.45, 2.75) is 19.7 Å². The fraction of sp³-hybridized carbons (Fsp3) is 0.143. The first-order chi connectivity index (χ1) is 12.8. The Hall–Kier alpha value is -2.17. The van der Waals surface area contributed by atoms with Crippen LogP contribution in [0.3, 0.4) is 0 Å². The van der Waals surface area contributed by atoms with Gasteiger partial charge in [-0.15, -0.1) is 0 Å². The van der Waals surface area contributed by atoms with Crippen LogP contribution in [0.25, 0.3) is 11.1 Å². The number of rotatable bonds is 4. The molecule has 3 aromatic carbocycles. The first-order valence-corrected chi connectivity index (χ1v) is 8.85. The van der Waals surface area contributed by atoms with Gasteiger partial charge in [-0.2, -0.15) is 13.2 Å². The van der Waals surface area contributed by atoms with E-state index >= 15 is 0 Å². The largest absolute Gasteiger partial charge is 0.488 e. The lowest BCUT2D eigenvalue weighted by molar-refractivity contribution is -0.137. The van der Waals surface area contributed by atoms with E-state index in [1.54, 1.807) is 12.1 Å². The highest BCUT2D eigenvalue weighted by Crippen LogP contribution is 2.37. The second kappa shape index (κ2) is 7.83. The summed E-state index contributed by atoms with van der Waals surface area (Å²) < 4.78 is 45.0. The molecule has 3 aromatic rings. The van der Waals surface area contributed by atoms with Gasteiger partial charge >= 0.3 is 6.18 Å². The van der Waals surface area contributed by atoms with E-state index in [0.29, 0.717) is 16.3 Å². The minimum atomic E-state index is -4.51. The molecule has 0 aliphatic heterocycles. The number of alkyl halides is 3. The molecule has 0 saturated heterocycles. The molecule has 0 bridgehead atoms. The van der Waals surface area contributed by atoms with Gasteiger partial charge in [-0.05, 0) is 47.9 Å². The lowest BCUT2D eigenvalue weighted by Gasteiger charge is -2.16. The summed E-state index contributed by atoms with van der Waals surface area (Å²) in [7, 11) is 0. The van der Waals surface area contributed by atoms with Gasteiger partial charge in [0.25, 0.3) is 0 Å². The van der Waals surface area contributed by atoms with Gasteiger partial charge in [0, 0.05) is 10.6 Å². The third-order valence-electron chi connectivity index (χ3n) is 4.09. The minimum absolute atomic E-state index is 0.00824.